The van der Waals surface area contributed by atoms with Gasteiger partial charge in [0.2, 0.25) is 0 Å². The van der Waals surface area contributed by atoms with Crippen molar-refractivity contribution in [2.24, 2.45) is 0 Å². The largest absolute Gasteiger partial charge is 0.448 e. The van der Waals surface area contributed by atoms with Gasteiger partial charge in [0, 0.05) is 22.8 Å². The topological polar surface area (TPSA) is 55.1 Å². The van der Waals surface area contributed by atoms with Gasteiger partial charge in [0.1, 0.15) is 0 Å². The molecule has 1 amide bonds. The van der Waals surface area contributed by atoms with E-state index < -0.39 is 11.7 Å². The minimum Gasteiger partial charge on any atom is -0.448 e. The van der Waals surface area contributed by atoms with E-state index in [9.17, 15) is 9.18 Å². The quantitative estimate of drug-likeness (QED) is 0.500. The number of benzene rings is 2. The third kappa shape index (κ3) is 3.55. The van der Waals surface area contributed by atoms with Gasteiger partial charge in [-0.3, -0.25) is 9.78 Å². The normalized spacial score (nSPS) is 11.2. The molecule has 0 fully saturated rings. The maximum absolute atomic E-state index is 13.9. The molecule has 28 heavy (non-hydrogen) atoms. The van der Waals surface area contributed by atoms with Crippen molar-refractivity contribution < 1.29 is 13.6 Å². The smallest absolute Gasteiger partial charge is 0.291 e. The number of aryl methyl sites for hydroxylation is 1. The van der Waals surface area contributed by atoms with Crippen molar-refractivity contribution >= 4 is 34.7 Å². The first-order valence-corrected chi connectivity index (χ1v) is 8.80. The lowest BCUT2D eigenvalue weighted by molar-refractivity contribution is 0.0997. The highest BCUT2D eigenvalue weighted by molar-refractivity contribution is 6.06. The molecule has 5 heteroatoms. The van der Waals surface area contributed by atoms with Crippen molar-refractivity contribution in [3.8, 4) is 0 Å². The molecule has 4 rings (SSSR count). The molecule has 0 aliphatic heterocycles. The van der Waals surface area contributed by atoms with E-state index in [-0.39, 0.29) is 11.3 Å². The van der Waals surface area contributed by atoms with Crippen molar-refractivity contribution in [1.82, 2.24) is 4.98 Å². The van der Waals surface area contributed by atoms with Crippen LogP contribution >= 0.6 is 0 Å². The number of carbonyl (C=O) groups excluding carboxylic acids is 1. The van der Waals surface area contributed by atoms with Gasteiger partial charge >= 0.3 is 0 Å². The molecule has 0 saturated heterocycles. The molecule has 0 spiro atoms. The average Bonchev–Trinajstić information content (AvgIpc) is 3.06. The first-order chi connectivity index (χ1) is 13.6. The molecule has 0 unspecified atom stereocenters. The molecule has 0 aliphatic carbocycles. The molecule has 2 aromatic heterocycles. The zero-order valence-electron chi connectivity index (χ0n) is 15.1. The predicted molar refractivity (Wildman–Crippen MR) is 108 cm³/mol. The first-order valence-electron chi connectivity index (χ1n) is 8.80. The number of nitrogens with one attached hydrogen (secondary N) is 1. The molecule has 2 aromatic carbocycles. The van der Waals surface area contributed by atoms with Gasteiger partial charge < -0.3 is 9.73 Å². The van der Waals surface area contributed by atoms with Gasteiger partial charge in [-0.1, -0.05) is 36.4 Å². The predicted octanol–water partition coefficient (Wildman–Crippen LogP) is 5.70. The van der Waals surface area contributed by atoms with Gasteiger partial charge in [-0.05, 0) is 48.9 Å². The van der Waals surface area contributed by atoms with Gasteiger partial charge in [0.15, 0.2) is 17.2 Å². The Bertz CT molecular complexity index is 1180. The standard InChI is InChI=1S/C23H17FN2O2/c1-15-19-9-5-10-20(24)22(19)28-21(15)23(27)26-18-8-4-6-16(14-18)11-12-17-7-2-3-13-25-17/h2-14H,1H3,(H,26,27). The van der Waals surface area contributed by atoms with Crippen LogP contribution in [0.3, 0.4) is 0 Å². The van der Waals surface area contributed by atoms with Gasteiger partial charge in [0.05, 0.1) is 5.69 Å². The van der Waals surface area contributed by atoms with E-state index in [1.165, 1.54) is 6.07 Å². The Morgan fingerprint density at radius 1 is 1.07 bits per heavy atom. The van der Waals surface area contributed by atoms with E-state index in [1.807, 2.05) is 48.6 Å². The van der Waals surface area contributed by atoms with Crippen LogP contribution in [-0.4, -0.2) is 10.9 Å². The van der Waals surface area contributed by atoms with Crippen LogP contribution in [0.1, 0.15) is 27.4 Å². The van der Waals surface area contributed by atoms with Gasteiger partial charge in [0.25, 0.3) is 5.91 Å². The Balaban J connectivity index is 1.56. The van der Waals surface area contributed by atoms with Crippen LogP contribution < -0.4 is 5.32 Å². The number of fused-ring (bicyclic) bond motifs is 1. The van der Waals surface area contributed by atoms with Crippen LogP contribution in [-0.2, 0) is 0 Å². The van der Waals surface area contributed by atoms with Crippen molar-refractivity contribution in [3.63, 3.8) is 0 Å². The SMILES string of the molecule is Cc1c(C(=O)Nc2cccc(C=Cc3ccccn3)c2)oc2c(F)cccc12. The Morgan fingerprint density at radius 2 is 1.93 bits per heavy atom. The van der Waals surface area contributed by atoms with Gasteiger partial charge in [-0.25, -0.2) is 4.39 Å². The van der Waals surface area contributed by atoms with Crippen LogP contribution in [0.4, 0.5) is 10.1 Å². The molecule has 0 radical (unpaired) electrons. The van der Waals surface area contributed by atoms with E-state index in [1.54, 1.807) is 31.3 Å². The molecule has 4 nitrogen and oxygen atoms in total. The molecule has 1 N–H and O–H groups in total. The number of carbonyl (C=O) groups is 1. The molecule has 0 saturated carbocycles. The molecular weight excluding hydrogens is 355 g/mol. The average molecular weight is 372 g/mol. The zero-order chi connectivity index (χ0) is 19.5. The number of halogens is 1. The highest BCUT2D eigenvalue weighted by Crippen LogP contribution is 2.28. The third-order valence-corrected chi connectivity index (χ3v) is 4.40. The molecule has 138 valence electrons. The summed E-state index contributed by atoms with van der Waals surface area (Å²) in [6.45, 7) is 1.74. The maximum atomic E-state index is 13.9. The Morgan fingerprint density at radius 3 is 2.71 bits per heavy atom. The number of hydrogen-bond donors (Lipinski definition) is 1. The van der Waals surface area contributed by atoms with E-state index >= 15 is 0 Å². The fourth-order valence-electron chi connectivity index (χ4n) is 2.99. The Kier molecular flexibility index (Phi) is 4.72. The summed E-state index contributed by atoms with van der Waals surface area (Å²) >= 11 is 0. The molecule has 0 atom stereocenters. The zero-order valence-corrected chi connectivity index (χ0v) is 15.1. The van der Waals surface area contributed by atoms with Gasteiger partial charge in [-0.2, -0.15) is 0 Å². The van der Waals surface area contributed by atoms with Crippen LogP contribution in [0, 0.1) is 12.7 Å². The highest BCUT2D eigenvalue weighted by atomic mass is 19.1. The van der Waals surface area contributed by atoms with E-state index in [2.05, 4.69) is 10.3 Å². The van der Waals surface area contributed by atoms with Crippen molar-refractivity contribution in [2.75, 3.05) is 5.32 Å². The first kappa shape index (κ1) is 17.7. The Hall–Kier alpha value is -3.73. The monoisotopic (exact) mass is 372 g/mol. The van der Waals surface area contributed by atoms with Crippen molar-refractivity contribution in [3.05, 3.63) is 95.3 Å². The Labute approximate surface area is 161 Å². The number of aromatic nitrogens is 1. The van der Waals surface area contributed by atoms with Crippen molar-refractivity contribution in [1.29, 1.82) is 0 Å². The second-order valence-corrected chi connectivity index (χ2v) is 6.34. The minimum absolute atomic E-state index is 0.0946. The van der Waals surface area contributed by atoms with E-state index in [0.29, 0.717) is 16.6 Å². The maximum Gasteiger partial charge on any atom is 0.291 e. The van der Waals surface area contributed by atoms with Crippen LogP contribution in [0.2, 0.25) is 0 Å². The second kappa shape index (κ2) is 7.48. The summed E-state index contributed by atoms with van der Waals surface area (Å²) in [5.41, 5.74) is 3.08. The number of para-hydroxylation sites is 1. The molecular formula is C23H17FN2O2. The molecule has 0 aliphatic rings. The van der Waals surface area contributed by atoms with E-state index in [0.717, 1.165) is 11.3 Å². The van der Waals surface area contributed by atoms with E-state index in [4.69, 9.17) is 4.42 Å². The summed E-state index contributed by atoms with van der Waals surface area (Å²) in [4.78, 5) is 16.9. The van der Waals surface area contributed by atoms with Gasteiger partial charge in [-0.15, -0.1) is 0 Å². The van der Waals surface area contributed by atoms with Crippen LogP contribution in [0.15, 0.2) is 71.3 Å². The fraction of sp³-hybridized carbons (Fsp3) is 0.0435. The number of nitrogens with zero attached hydrogens (tertiary/aromatic N) is 1. The number of furan rings is 1. The summed E-state index contributed by atoms with van der Waals surface area (Å²) < 4.78 is 19.4. The third-order valence-electron chi connectivity index (χ3n) is 4.40. The summed E-state index contributed by atoms with van der Waals surface area (Å²) in [5, 5.41) is 3.41. The highest BCUT2D eigenvalue weighted by Gasteiger charge is 2.19. The summed E-state index contributed by atoms with van der Waals surface area (Å²) in [7, 11) is 0. The number of rotatable bonds is 4. The fourth-order valence-corrected chi connectivity index (χ4v) is 2.99. The molecule has 0 bridgehead atoms. The number of anilines is 1. The second-order valence-electron chi connectivity index (χ2n) is 6.34. The lowest BCUT2D eigenvalue weighted by atomic mass is 10.1. The van der Waals surface area contributed by atoms with Crippen LogP contribution in [0.5, 0.6) is 0 Å². The number of amides is 1. The lowest BCUT2D eigenvalue weighted by Gasteiger charge is -2.05. The molecule has 2 heterocycles. The summed E-state index contributed by atoms with van der Waals surface area (Å²) in [6, 6.07) is 17.7. The number of hydrogen-bond acceptors (Lipinski definition) is 3. The summed E-state index contributed by atoms with van der Waals surface area (Å²) in [5.74, 6) is -0.796. The summed E-state index contributed by atoms with van der Waals surface area (Å²) in [6.07, 6.45) is 5.54. The minimum atomic E-state index is -0.485. The van der Waals surface area contributed by atoms with Crippen LogP contribution in [0.25, 0.3) is 23.1 Å². The van der Waals surface area contributed by atoms with Crippen molar-refractivity contribution in [2.45, 2.75) is 6.92 Å². The lowest BCUT2D eigenvalue weighted by Crippen LogP contribution is -2.12. The molecule has 4 aromatic rings. The number of pyridine rings is 1.